The van der Waals surface area contributed by atoms with Crippen molar-refractivity contribution in [3.05, 3.63) is 29.8 Å². The molecule has 82 valence electrons. The van der Waals surface area contributed by atoms with Gasteiger partial charge in [-0.1, -0.05) is 12.1 Å². The van der Waals surface area contributed by atoms with Crippen molar-refractivity contribution in [1.29, 1.82) is 5.41 Å². The molecule has 0 heterocycles. The zero-order valence-corrected chi connectivity index (χ0v) is 8.58. The molecule has 0 saturated heterocycles. The summed E-state index contributed by atoms with van der Waals surface area (Å²) in [6, 6.07) is 6.42. The van der Waals surface area contributed by atoms with E-state index in [1.54, 1.807) is 18.2 Å². The molecule has 0 atom stereocenters. The molecule has 0 radical (unpaired) electrons. The molecule has 1 aromatic carbocycles. The number of halogens is 1. The summed E-state index contributed by atoms with van der Waals surface area (Å²) >= 11 is 0. The van der Waals surface area contributed by atoms with Crippen molar-refractivity contribution in [2.45, 2.75) is 0 Å². The van der Waals surface area contributed by atoms with Crippen LogP contribution in [0.25, 0.3) is 0 Å². The van der Waals surface area contributed by atoms with E-state index < -0.39 is 12.6 Å². The first-order valence-corrected chi connectivity index (χ1v) is 3.88. The summed E-state index contributed by atoms with van der Waals surface area (Å²) in [6.07, 6.45) is 0. The van der Waals surface area contributed by atoms with Crippen molar-refractivity contribution < 1.29 is 14.6 Å². The SMILES string of the molecule is Cl.N=C(N)c1cccc(OCC(=O)O)c1. The van der Waals surface area contributed by atoms with Crippen molar-refractivity contribution in [2.24, 2.45) is 5.73 Å². The molecule has 0 amide bonds. The molecule has 5 nitrogen and oxygen atoms in total. The van der Waals surface area contributed by atoms with Crippen LogP contribution in [0.3, 0.4) is 0 Å². The number of carboxylic acid groups (broad SMARTS) is 1. The van der Waals surface area contributed by atoms with Crippen LogP contribution in [-0.2, 0) is 4.79 Å². The number of aliphatic carboxylic acids is 1. The molecule has 4 N–H and O–H groups in total. The minimum absolute atomic E-state index is 0. The first kappa shape index (κ1) is 13.2. The molecule has 6 heteroatoms. The topological polar surface area (TPSA) is 96.4 Å². The van der Waals surface area contributed by atoms with E-state index in [0.29, 0.717) is 11.3 Å². The Balaban J connectivity index is 0.00000196. The number of nitrogen functional groups attached to an aromatic ring is 1. The van der Waals surface area contributed by atoms with Gasteiger partial charge in [0.05, 0.1) is 0 Å². The van der Waals surface area contributed by atoms with Crippen LogP contribution < -0.4 is 10.5 Å². The predicted molar refractivity (Wildman–Crippen MR) is 57.8 cm³/mol. The fourth-order valence-electron chi connectivity index (χ4n) is 0.898. The van der Waals surface area contributed by atoms with Gasteiger partial charge in [-0.15, -0.1) is 12.4 Å². The maximum absolute atomic E-state index is 10.2. The molecular weight excluding hydrogens is 220 g/mol. The number of nitrogens with one attached hydrogen (secondary N) is 1. The summed E-state index contributed by atoms with van der Waals surface area (Å²) in [6.45, 7) is -0.401. The van der Waals surface area contributed by atoms with E-state index in [-0.39, 0.29) is 18.2 Å². The summed E-state index contributed by atoms with van der Waals surface area (Å²) in [7, 11) is 0. The standard InChI is InChI=1S/C9H10N2O3.ClH/c10-9(11)6-2-1-3-7(4-6)14-5-8(12)13;/h1-4H,5H2,(H3,10,11)(H,12,13);1H. The van der Waals surface area contributed by atoms with E-state index in [1.165, 1.54) is 6.07 Å². The van der Waals surface area contributed by atoms with Crippen molar-refractivity contribution in [3.63, 3.8) is 0 Å². The molecule has 0 spiro atoms. The number of amidine groups is 1. The summed E-state index contributed by atoms with van der Waals surface area (Å²) in [5.74, 6) is -0.732. The maximum atomic E-state index is 10.2. The van der Waals surface area contributed by atoms with Crippen LogP contribution in [0.4, 0.5) is 0 Å². The highest BCUT2D eigenvalue weighted by Gasteiger charge is 2.01. The monoisotopic (exact) mass is 230 g/mol. The van der Waals surface area contributed by atoms with E-state index >= 15 is 0 Å². The highest BCUT2D eigenvalue weighted by molar-refractivity contribution is 5.95. The van der Waals surface area contributed by atoms with E-state index in [4.69, 9.17) is 21.0 Å². The molecule has 0 aliphatic heterocycles. The lowest BCUT2D eigenvalue weighted by Gasteiger charge is -2.04. The number of hydrogen-bond donors (Lipinski definition) is 3. The first-order chi connectivity index (χ1) is 6.59. The van der Waals surface area contributed by atoms with Crippen LogP contribution in [-0.4, -0.2) is 23.5 Å². The number of hydrogen-bond acceptors (Lipinski definition) is 3. The summed E-state index contributed by atoms with van der Waals surface area (Å²) < 4.78 is 4.91. The van der Waals surface area contributed by atoms with Gasteiger partial charge in [0.2, 0.25) is 0 Å². The Kier molecular flexibility index (Phi) is 5.19. The number of carboxylic acids is 1. The third-order valence-electron chi connectivity index (χ3n) is 1.51. The fraction of sp³-hybridized carbons (Fsp3) is 0.111. The highest BCUT2D eigenvalue weighted by atomic mass is 35.5. The Morgan fingerprint density at radius 3 is 2.73 bits per heavy atom. The Bertz CT molecular complexity index is 368. The van der Waals surface area contributed by atoms with Gasteiger partial charge in [-0.3, -0.25) is 5.41 Å². The largest absolute Gasteiger partial charge is 0.482 e. The smallest absolute Gasteiger partial charge is 0.341 e. The van der Waals surface area contributed by atoms with E-state index in [1.807, 2.05) is 0 Å². The van der Waals surface area contributed by atoms with Gasteiger partial charge in [0.1, 0.15) is 11.6 Å². The van der Waals surface area contributed by atoms with Crippen molar-refractivity contribution in [3.8, 4) is 5.75 Å². The lowest BCUT2D eigenvalue weighted by molar-refractivity contribution is -0.139. The van der Waals surface area contributed by atoms with E-state index in [2.05, 4.69) is 0 Å². The Labute approximate surface area is 92.8 Å². The molecule has 15 heavy (non-hydrogen) atoms. The Morgan fingerprint density at radius 1 is 1.53 bits per heavy atom. The molecule has 0 saturated carbocycles. The number of benzene rings is 1. The molecule has 0 fully saturated rings. The normalized spacial score (nSPS) is 8.80. The zero-order chi connectivity index (χ0) is 10.6. The van der Waals surface area contributed by atoms with Gasteiger partial charge < -0.3 is 15.6 Å². The van der Waals surface area contributed by atoms with Gasteiger partial charge in [0.15, 0.2) is 6.61 Å². The summed E-state index contributed by atoms with van der Waals surface area (Å²) in [5, 5.41) is 15.5. The van der Waals surface area contributed by atoms with E-state index in [0.717, 1.165) is 0 Å². The second-order valence-corrected chi connectivity index (χ2v) is 2.62. The zero-order valence-electron chi connectivity index (χ0n) is 7.77. The lowest BCUT2D eigenvalue weighted by atomic mass is 10.2. The predicted octanol–water partition coefficient (Wildman–Crippen LogP) is 0.856. The van der Waals surface area contributed by atoms with Gasteiger partial charge >= 0.3 is 5.97 Å². The molecule has 0 aromatic heterocycles. The van der Waals surface area contributed by atoms with Crippen molar-refractivity contribution in [2.75, 3.05) is 6.61 Å². The van der Waals surface area contributed by atoms with Crippen LogP contribution in [0.2, 0.25) is 0 Å². The molecule has 0 aliphatic carbocycles. The molecule has 1 aromatic rings. The molecular formula is C9H11ClN2O3. The molecule has 0 aliphatic rings. The van der Waals surface area contributed by atoms with Crippen molar-refractivity contribution >= 4 is 24.2 Å². The fourth-order valence-corrected chi connectivity index (χ4v) is 0.898. The van der Waals surface area contributed by atoms with Gasteiger partial charge in [0.25, 0.3) is 0 Å². The average molecular weight is 231 g/mol. The Morgan fingerprint density at radius 2 is 2.20 bits per heavy atom. The molecule has 0 bridgehead atoms. The van der Waals surface area contributed by atoms with Crippen LogP contribution in [0.5, 0.6) is 5.75 Å². The first-order valence-electron chi connectivity index (χ1n) is 3.88. The van der Waals surface area contributed by atoms with Crippen LogP contribution >= 0.6 is 12.4 Å². The number of carbonyl (C=O) groups is 1. The number of ether oxygens (including phenoxy) is 1. The van der Waals surface area contributed by atoms with Crippen molar-refractivity contribution in [1.82, 2.24) is 0 Å². The van der Waals surface area contributed by atoms with Crippen LogP contribution in [0.15, 0.2) is 24.3 Å². The van der Waals surface area contributed by atoms with Gasteiger partial charge in [-0.25, -0.2) is 4.79 Å². The minimum atomic E-state index is -1.04. The summed E-state index contributed by atoms with van der Waals surface area (Å²) in [4.78, 5) is 10.2. The average Bonchev–Trinajstić information content (AvgIpc) is 2.15. The third kappa shape index (κ3) is 4.33. The molecule has 1 rings (SSSR count). The van der Waals surface area contributed by atoms with Crippen LogP contribution in [0, 0.1) is 5.41 Å². The quantitative estimate of drug-likeness (QED) is 0.528. The van der Waals surface area contributed by atoms with Gasteiger partial charge in [0, 0.05) is 5.56 Å². The number of rotatable bonds is 4. The van der Waals surface area contributed by atoms with E-state index in [9.17, 15) is 4.79 Å². The molecule has 0 unspecified atom stereocenters. The second-order valence-electron chi connectivity index (χ2n) is 2.62. The van der Waals surface area contributed by atoms with Crippen LogP contribution in [0.1, 0.15) is 5.56 Å². The van der Waals surface area contributed by atoms with Gasteiger partial charge in [-0.2, -0.15) is 0 Å². The lowest BCUT2D eigenvalue weighted by Crippen LogP contribution is -2.12. The van der Waals surface area contributed by atoms with Gasteiger partial charge in [-0.05, 0) is 12.1 Å². The minimum Gasteiger partial charge on any atom is -0.482 e. The second kappa shape index (κ2) is 5.87. The highest BCUT2D eigenvalue weighted by Crippen LogP contribution is 2.12. The number of nitrogens with two attached hydrogens (primary N) is 1. The Hall–Kier alpha value is -1.75. The maximum Gasteiger partial charge on any atom is 0.341 e. The third-order valence-corrected chi connectivity index (χ3v) is 1.51. The summed E-state index contributed by atoms with van der Waals surface area (Å²) in [5.41, 5.74) is 5.76.